The molecule has 2 aliphatic rings. The zero-order valence-corrected chi connectivity index (χ0v) is 22.5. The highest BCUT2D eigenvalue weighted by atomic mass is 19.1. The van der Waals surface area contributed by atoms with Crippen LogP contribution in [0.2, 0.25) is 0 Å². The Balaban J connectivity index is 1.62. The summed E-state index contributed by atoms with van der Waals surface area (Å²) < 4.78 is 35.7. The Morgan fingerprint density at radius 2 is 1.69 bits per heavy atom. The minimum absolute atomic E-state index is 0.0668. The molecule has 0 N–H and O–H groups in total. The van der Waals surface area contributed by atoms with Crippen LogP contribution in [0.5, 0.6) is 5.75 Å². The van der Waals surface area contributed by atoms with Crippen molar-refractivity contribution in [2.75, 3.05) is 38.2 Å². The second kappa shape index (κ2) is 11.0. The van der Waals surface area contributed by atoms with Crippen LogP contribution in [0.15, 0.2) is 73.3 Å². The fourth-order valence-corrected chi connectivity index (χ4v) is 5.47. The van der Waals surface area contributed by atoms with Gasteiger partial charge >= 0.3 is 0 Å². The number of halogens is 2. The van der Waals surface area contributed by atoms with Crippen LogP contribution < -0.4 is 9.64 Å². The Bertz CT molecular complexity index is 1430. The van der Waals surface area contributed by atoms with Gasteiger partial charge in [-0.25, -0.2) is 8.78 Å². The first kappa shape index (κ1) is 26.6. The van der Waals surface area contributed by atoms with Crippen molar-refractivity contribution < 1.29 is 18.3 Å². The van der Waals surface area contributed by atoms with E-state index in [9.17, 15) is 4.79 Å². The second-order valence-corrected chi connectivity index (χ2v) is 10.2. The Morgan fingerprint density at radius 3 is 2.36 bits per heavy atom. The predicted octanol–water partition coefficient (Wildman–Crippen LogP) is 6.59. The molecule has 5 nitrogen and oxygen atoms in total. The van der Waals surface area contributed by atoms with Gasteiger partial charge in [-0.1, -0.05) is 44.7 Å². The molecule has 39 heavy (non-hydrogen) atoms. The lowest BCUT2D eigenvalue weighted by Crippen LogP contribution is -2.55. The lowest BCUT2D eigenvalue weighted by atomic mass is 9.94. The molecule has 3 aromatic rings. The van der Waals surface area contributed by atoms with Crippen LogP contribution >= 0.6 is 0 Å². The molecule has 0 saturated carbocycles. The van der Waals surface area contributed by atoms with E-state index in [4.69, 9.17) is 4.74 Å². The third-order valence-electron chi connectivity index (χ3n) is 7.55. The van der Waals surface area contributed by atoms with E-state index in [1.807, 2.05) is 18.2 Å². The van der Waals surface area contributed by atoms with E-state index in [1.54, 1.807) is 23.1 Å². The van der Waals surface area contributed by atoms with Crippen LogP contribution in [0.25, 0.3) is 17.2 Å². The van der Waals surface area contributed by atoms with Crippen LogP contribution in [0.1, 0.15) is 30.9 Å². The highest BCUT2D eigenvalue weighted by molar-refractivity contribution is 5.87. The van der Waals surface area contributed by atoms with Crippen molar-refractivity contribution in [2.24, 2.45) is 0 Å². The van der Waals surface area contributed by atoms with Gasteiger partial charge in [0.1, 0.15) is 23.5 Å². The number of piperazine rings is 1. The summed E-state index contributed by atoms with van der Waals surface area (Å²) in [5.41, 5.74) is 4.06. The molecule has 2 heterocycles. The normalized spacial score (nSPS) is 17.3. The number of rotatable bonds is 6. The maximum absolute atomic E-state index is 15.5. The van der Waals surface area contributed by atoms with Crippen molar-refractivity contribution in [2.45, 2.75) is 25.9 Å². The molecule has 7 heteroatoms. The minimum atomic E-state index is -0.548. The summed E-state index contributed by atoms with van der Waals surface area (Å²) in [5.74, 6) is -0.484. The first-order valence-electron chi connectivity index (χ1n) is 13.2. The largest absolute Gasteiger partial charge is 0.497 e. The van der Waals surface area contributed by atoms with Gasteiger partial charge in [-0.2, -0.15) is 0 Å². The molecular weight excluding hydrogens is 496 g/mol. The molecule has 0 bridgehead atoms. The summed E-state index contributed by atoms with van der Waals surface area (Å²) in [6, 6.07) is 15.9. The Morgan fingerprint density at radius 1 is 0.974 bits per heavy atom. The van der Waals surface area contributed by atoms with Crippen LogP contribution in [-0.2, 0) is 4.79 Å². The number of carbonyl (C=O) groups is 1. The van der Waals surface area contributed by atoms with Crippen LogP contribution in [0.4, 0.5) is 20.2 Å². The van der Waals surface area contributed by atoms with Crippen LogP contribution in [0.3, 0.4) is 0 Å². The number of hydrogen-bond acceptors (Lipinski definition) is 4. The van der Waals surface area contributed by atoms with Crippen LogP contribution in [-0.4, -0.2) is 55.2 Å². The summed E-state index contributed by atoms with van der Waals surface area (Å²) in [6.07, 6.45) is 5.20. The number of nitrogens with zero attached hydrogens (tertiary/aromatic N) is 3. The molecule has 2 aliphatic heterocycles. The Kier molecular flexibility index (Phi) is 7.53. The maximum Gasteiger partial charge on any atom is 0.246 e. The molecule has 1 unspecified atom stereocenters. The number of amides is 1. The molecule has 0 aromatic heterocycles. The van der Waals surface area contributed by atoms with Crippen molar-refractivity contribution in [1.82, 2.24) is 9.80 Å². The third kappa shape index (κ3) is 5.06. The zero-order chi connectivity index (χ0) is 27.7. The van der Waals surface area contributed by atoms with Gasteiger partial charge in [0.05, 0.1) is 12.8 Å². The van der Waals surface area contributed by atoms with E-state index in [0.29, 0.717) is 31.9 Å². The molecular formula is C32H33F2N3O2. The van der Waals surface area contributed by atoms with Crippen molar-refractivity contribution in [3.05, 3.63) is 96.1 Å². The van der Waals surface area contributed by atoms with Crippen LogP contribution in [0, 0.1) is 11.6 Å². The quantitative estimate of drug-likeness (QED) is 0.338. The smallest absolute Gasteiger partial charge is 0.246 e. The molecule has 1 fully saturated rings. The number of para-hydroxylation sites is 1. The highest BCUT2D eigenvalue weighted by Crippen LogP contribution is 2.43. The minimum Gasteiger partial charge on any atom is -0.497 e. The Labute approximate surface area is 228 Å². The molecule has 1 atom stereocenters. The first-order chi connectivity index (χ1) is 18.8. The van der Waals surface area contributed by atoms with E-state index in [2.05, 4.69) is 48.4 Å². The van der Waals surface area contributed by atoms with Crippen molar-refractivity contribution in [3.63, 3.8) is 0 Å². The molecule has 0 radical (unpaired) electrons. The Hall–Kier alpha value is -3.97. The second-order valence-electron chi connectivity index (χ2n) is 10.2. The molecule has 202 valence electrons. The number of ether oxygens (including phenoxy) is 1. The van der Waals surface area contributed by atoms with E-state index in [-0.39, 0.29) is 29.1 Å². The van der Waals surface area contributed by atoms with Gasteiger partial charge in [0.25, 0.3) is 0 Å². The van der Waals surface area contributed by atoms with Gasteiger partial charge in [0.2, 0.25) is 5.91 Å². The van der Waals surface area contributed by atoms with E-state index < -0.39 is 11.6 Å². The number of fused-ring (bicyclic) bond motifs is 1. The summed E-state index contributed by atoms with van der Waals surface area (Å²) in [4.78, 5) is 18.5. The lowest BCUT2D eigenvalue weighted by Gasteiger charge is -2.46. The van der Waals surface area contributed by atoms with Gasteiger partial charge in [-0.3, -0.25) is 9.69 Å². The zero-order valence-electron chi connectivity index (χ0n) is 22.5. The van der Waals surface area contributed by atoms with Gasteiger partial charge < -0.3 is 14.5 Å². The lowest BCUT2D eigenvalue weighted by molar-refractivity contribution is -0.127. The molecule has 3 aromatic carbocycles. The van der Waals surface area contributed by atoms with Crippen molar-refractivity contribution >= 4 is 23.4 Å². The van der Waals surface area contributed by atoms with Gasteiger partial charge in [-0.15, -0.1) is 0 Å². The molecule has 1 amide bonds. The van der Waals surface area contributed by atoms with Gasteiger partial charge in [0, 0.05) is 54.6 Å². The average molecular weight is 530 g/mol. The molecule has 1 saturated heterocycles. The predicted molar refractivity (Wildman–Crippen MR) is 152 cm³/mol. The molecule has 0 aliphatic carbocycles. The SMILES string of the molecule is C=CC(=O)N1CCN(C2C=Cc3cc(F)c(-c4ccc(OC)cc4F)cc3N2c2ccccc2C(C)C)CC1. The summed E-state index contributed by atoms with van der Waals surface area (Å²) in [6.45, 7) is 10.4. The number of carbonyl (C=O) groups excluding carboxylic acids is 1. The number of anilines is 2. The standard InChI is InChI=1S/C32H33F2N3O2/c1-5-32(38)36-16-14-35(15-17-36)31-13-10-22-18-27(33)26(25-12-11-23(39-4)19-28(25)34)20-30(22)37(31)29-9-7-6-8-24(29)21(2)3/h5-13,18-21,31H,1,14-17H2,2-4H3. The number of hydrogen-bond donors (Lipinski definition) is 0. The molecule has 5 rings (SSSR count). The fourth-order valence-electron chi connectivity index (χ4n) is 5.47. The summed E-state index contributed by atoms with van der Waals surface area (Å²) >= 11 is 0. The fraction of sp³-hybridized carbons (Fsp3) is 0.281. The maximum atomic E-state index is 15.5. The monoisotopic (exact) mass is 529 g/mol. The van der Waals surface area contributed by atoms with Crippen molar-refractivity contribution in [3.8, 4) is 16.9 Å². The first-order valence-corrected chi connectivity index (χ1v) is 13.2. The number of methoxy groups -OCH3 is 1. The van der Waals surface area contributed by atoms with Crippen molar-refractivity contribution in [1.29, 1.82) is 0 Å². The third-order valence-corrected chi connectivity index (χ3v) is 7.55. The highest BCUT2D eigenvalue weighted by Gasteiger charge is 2.34. The average Bonchev–Trinajstić information content (AvgIpc) is 2.96. The number of benzene rings is 3. The summed E-state index contributed by atoms with van der Waals surface area (Å²) in [5, 5.41) is 0. The van der Waals surface area contributed by atoms with E-state index in [1.165, 1.54) is 25.3 Å². The van der Waals surface area contributed by atoms with Gasteiger partial charge in [0.15, 0.2) is 0 Å². The molecule has 0 spiro atoms. The van der Waals surface area contributed by atoms with E-state index in [0.717, 1.165) is 22.5 Å². The van der Waals surface area contributed by atoms with Gasteiger partial charge in [-0.05, 0) is 54.0 Å². The van der Waals surface area contributed by atoms with E-state index >= 15 is 8.78 Å². The topological polar surface area (TPSA) is 36.0 Å². The summed E-state index contributed by atoms with van der Waals surface area (Å²) in [7, 11) is 1.47.